The number of nitrogens with two attached hydrogens (primary N) is 1. The number of anilines is 2. The molecule has 0 unspecified atom stereocenters. The quantitative estimate of drug-likeness (QED) is 0.374. The Bertz CT molecular complexity index is 1060. The van der Waals surface area contributed by atoms with Gasteiger partial charge in [0, 0.05) is 37.5 Å². The van der Waals surface area contributed by atoms with E-state index in [1.54, 1.807) is 12.1 Å². The molecule has 2 amide bonds. The van der Waals surface area contributed by atoms with Crippen LogP contribution in [-0.2, 0) is 21.0 Å². The van der Waals surface area contributed by atoms with Crippen molar-refractivity contribution < 1.29 is 19.1 Å². The number of carbonyl (C=O) groups is 2. The number of nitrogens with one attached hydrogen (secondary N) is 2. The van der Waals surface area contributed by atoms with Crippen LogP contribution in [0.15, 0.2) is 18.2 Å². The maximum absolute atomic E-state index is 12.9. The topological polar surface area (TPSA) is 121 Å². The number of aromatic nitrogens is 2. The predicted molar refractivity (Wildman–Crippen MR) is 141 cm³/mol. The van der Waals surface area contributed by atoms with Crippen LogP contribution in [0.4, 0.5) is 16.2 Å². The van der Waals surface area contributed by atoms with E-state index in [-0.39, 0.29) is 17.9 Å². The lowest BCUT2D eigenvalue weighted by atomic mass is 9.99. The van der Waals surface area contributed by atoms with Gasteiger partial charge in [-0.25, -0.2) is 9.78 Å². The number of hydrogen-bond donors (Lipinski definition) is 3. The molecule has 2 aromatic rings. The van der Waals surface area contributed by atoms with Crippen molar-refractivity contribution in [1.29, 1.82) is 0 Å². The van der Waals surface area contributed by atoms with E-state index >= 15 is 0 Å². The Morgan fingerprint density at radius 3 is 2.74 bits per heavy atom. The molecule has 0 saturated heterocycles. The number of benzene rings is 1. The molecule has 2 atom stereocenters. The van der Waals surface area contributed by atoms with Gasteiger partial charge in [-0.2, -0.15) is 0 Å². The minimum atomic E-state index is -1.20. The Morgan fingerprint density at radius 1 is 1.31 bits per heavy atom. The van der Waals surface area contributed by atoms with Gasteiger partial charge in [-0.1, -0.05) is 33.0 Å². The third-order valence-electron chi connectivity index (χ3n) is 6.36. The average Bonchev–Trinajstić information content (AvgIpc) is 3.11. The fourth-order valence-electron chi connectivity index (χ4n) is 4.05. The van der Waals surface area contributed by atoms with E-state index in [0.29, 0.717) is 31.1 Å². The molecule has 4 N–H and O–H groups in total. The molecule has 3 rings (SSSR count). The molecule has 0 fully saturated rings. The first-order valence-corrected chi connectivity index (χ1v) is 15.9. The first-order chi connectivity index (χ1) is 16.5. The Labute approximate surface area is 208 Å². The van der Waals surface area contributed by atoms with Gasteiger partial charge < -0.3 is 25.1 Å². The standard InChI is InChI=1S/C25H39N5O4Si/c1-16-8-7-9-20(26)23-29-22(17(2)30(23)15-34-12-13-35(4,5)6)19-11-10-18(27-25(32)33-3)14-21(19)28-24(16)31/h10-11,14,16,20H,7-9,12-13,15,26H2,1-6H3,(H,27,32)(H,28,31)/t16-,20+/m1/s1. The zero-order valence-corrected chi connectivity index (χ0v) is 22.7. The van der Waals surface area contributed by atoms with Gasteiger partial charge in [-0.15, -0.1) is 0 Å². The van der Waals surface area contributed by atoms with Gasteiger partial charge in [-0.3, -0.25) is 10.1 Å². The molecule has 1 aromatic carbocycles. The number of methoxy groups -OCH3 is 1. The average molecular weight is 502 g/mol. The molecule has 2 heterocycles. The molecule has 35 heavy (non-hydrogen) atoms. The van der Waals surface area contributed by atoms with Gasteiger partial charge >= 0.3 is 6.09 Å². The first-order valence-electron chi connectivity index (χ1n) is 12.2. The molecule has 0 spiro atoms. The minimum Gasteiger partial charge on any atom is -0.453 e. The van der Waals surface area contributed by atoms with E-state index < -0.39 is 14.2 Å². The predicted octanol–water partition coefficient (Wildman–Crippen LogP) is 5.11. The van der Waals surface area contributed by atoms with Crippen molar-refractivity contribution in [2.24, 2.45) is 11.7 Å². The zero-order valence-electron chi connectivity index (χ0n) is 21.7. The van der Waals surface area contributed by atoms with Crippen LogP contribution in [0.25, 0.3) is 11.3 Å². The summed E-state index contributed by atoms with van der Waals surface area (Å²) >= 11 is 0. The van der Waals surface area contributed by atoms with Gasteiger partial charge in [0.2, 0.25) is 5.91 Å². The molecule has 2 bridgehead atoms. The van der Waals surface area contributed by atoms with Gasteiger partial charge in [0.05, 0.1) is 24.5 Å². The lowest BCUT2D eigenvalue weighted by molar-refractivity contribution is -0.119. The van der Waals surface area contributed by atoms with Crippen LogP contribution < -0.4 is 16.4 Å². The Kier molecular flexibility index (Phi) is 8.73. The van der Waals surface area contributed by atoms with Crippen LogP contribution in [0, 0.1) is 12.8 Å². The summed E-state index contributed by atoms with van der Waals surface area (Å²) in [5, 5.41) is 5.71. The van der Waals surface area contributed by atoms with Crippen molar-refractivity contribution in [3.8, 4) is 11.3 Å². The molecule has 0 radical (unpaired) electrons. The van der Waals surface area contributed by atoms with Gasteiger partial charge in [0.1, 0.15) is 12.6 Å². The third-order valence-corrected chi connectivity index (χ3v) is 8.07. The molecule has 192 valence electrons. The second-order valence-corrected chi connectivity index (χ2v) is 16.1. The fourth-order valence-corrected chi connectivity index (χ4v) is 4.81. The van der Waals surface area contributed by atoms with Gasteiger partial charge in [-0.05, 0) is 44.0 Å². The highest BCUT2D eigenvalue weighted by molar-refractivity contribution is 6.76. The molecule has 9 nitrogen and oxygen atoms in total. The summed E-state index contributed by atoms with van der Waals surface area (Å²) < 4.78 is 12.8. The maximum Gasteiger partial charge on any atom is 0.411 e. The van der Waals surface area contributed by atoms with Crippen molar-refractivity contribution in [3.05, 3.63) is 29.7 Å². The number of nitrogens with zero attached hydrogens (tertiary/aromatic N) is 2. The number of carbonyl (C=O) groups excluding carboxylic acids is 2. The molecule has 1 aromatic heterocycles. The molecular weight excluding hydrogens is 462 g/mol. The summed E-state index contributed by atoms with van der Waals surface area (Å²) in [6, 6.07) is 6.16. The monoisotopic (exact) mass is 501 g/mol. The third kappa shape index (κ3) is 6.93. The zero-order chi connectivity index (χ0) is 25.8. The molecular formula is C25H39N5O4Si. The minimum absolute atomic E-state index is 0.0809. The van der Waals surface area contributed by atoms with Crippen molar-refractivity contribution >= 4 is 31.4 Å². The van der Waals surface area contributed by atoms with Crippen LogP contribution in [-0.4, -0.2) is 43.3 Å². The number of amides is 2. The van der Waals surface area contributed by atoms with Crippen molar-refractivity contribution in [2.75, 3.05) is 24.4 Å². The Balaban J connectivity index is 2.04. The SMILES string of the molecule is COC(=O)Nc1ccc2c(c1)NC(=O)[C@H](C)CCC[C@H](N)c1nc-2c(C)n1COCC[Si](C)(C)C. The molecule has 1 aliphatic rings. The van der Waals surface area contributed by atoms with Crippen molar-refractivity contribution in [1.82, 2.24) is 9.55 Å². The van der Waals surface area contributed by atoms with Gasteiger partial charge in [0.15, 0.2) is 0 Å². The second kappa shape index (κ2) is 11.4. The van der Waals surface area contributed by atoms with Crippen LogP contribution >= 0.6 is 0 Å². The normalized spacial score (nSPS) is 18.7. The highest BCUT2D eigenvalue weighted by atomic mass is 28.3. The van der Waals surface area contributed by atoms with Crippen LogP contribution in [0.2, 0.25) is 25.7 Å². The van der Waals surface area contributed by atoms with E-state index in [1.165, 1.54) is 7.11 Å². The Hall–Kier alpha value is -2.69. The van der Waals surface area contributed by atoms with Crippen LogP contribution in [0.5, 0.6) is 0 Å². The van der Waals surface area contributed by atoms with Gasteiger partial charge in [0.25, 0.3) is 0 Å². The maximum atomic E-state index is 12.9. The number of rotatable bonds is 6. The van der Waals surface area contributed by atoms with E-state index in [4.69, 9.17) is 20.2 Å². The Morgan fingerprint density at radius 2 is 2.06 bits per heavy atom. The highest BCUT2D eigenvalue weighted by Crippen LogP contribution is 2.35. The number of imidazole rings is 1. The van der Waals surface area contributed by atoms with E-state index in [1.807, 2.05) is 19.9 Å². The van der Waals surface area contributed by atoms with E-state index in [0.717, 1.165) is 41.7 Å². The van der Waals surface area contributed by atoms with E-state index in [9.17, 15) is 9.59 Å². The largest absolute Gasteiger partial charge is 0.453 e. The van der Waals surface area contributed by atoms with E-state index in [2.05, 4.69) is 34.8 Å². The van der Waals surface area contributed by atoms with Crippen LogP contribution in [0.3, 0.4) is 0 Å². The summed E-state index contributed by atoms with van der Waals surface area (Å²) in [4.78, 5) is 29.6. The summed E-state index contributed by atoms with van der Waals surface area (Å²) in [6.07, 6.45) is 1.68. The number of hydrogen-bond acceptors (Lipinski definition) is 6. The molecule has 0 saturated carbocycles. The lowest BCUT2D eigenvalue weighted by Gasteiger charge is -2.18. The molecule has 10 heteroatoms. The van der Waals surface area contributed by atoms with Crippen molar-refractivity contribution in [3.63, 3.8) is 0 Å². The highest BCUT2D eigenvalue weighted by Gasteiger charge is 2.25. The number of fused-ring (bicyclic) bond motifs is 4. The fraction of sp³-hybridized carbons (Fsp3) is 0.560. The van der Waals surface area contributed by atoms with Crippen molar-refractivity contribution in [2.45, 2.75) is 71.6 Å². The number of ether oxygens (including phenoxy) is 2. The lowest BCUT2D eigenvalue weighted by Crippen LogP contribution is -2.23. The summed E-state index contributed by atoms with van der Waals surface area (Å²) in [5.74, 6) is 0.526. The summed E-state index contributed by atoms with van der Waals surface area (Å²) in [7, 11) is 0.103. The smallest absolute Gasteiger partial charge is 0.411 e. The second-order valence-electron chi connectivity index (χ2n) is 10.5. The summed E-state index contributed by atoms with van der Waals surface area (Å²) in [5.41, 5.74) is 10.1. The molecule has 0 aliphatic carbocycles. The summed E-state index contributed by atoms with van der Waals surface area (Å²) in [6.45, 7) is 12.0. The van der Waals surface area contributed by atoms with Crippen LogP contribution in [0.1, 0.15) is 43.7 Å². The molecule has 1 aliphatic heterocycles. The first kappa shape index (κ1) is 26.9.